The van der Waals surface area contributed by atoms with Crippen LogP contribution in [0.4, 0.5) is 20.2 Å². The van der Waals surface area contributed by atoms with E-state index < -0.39 is 5.82 Å². The predicted octanol–water partition coefficient (Wildman–Crippen LogP) is 3.60. The van der Waals surface area contributed by atoms with Gasteiger partial charge in [0.2, 0.25) is 0 Å². The lowest BCUT2D eigenvalue weighted by atomic mass is 10.1. The Balaban J connectivity index is 1.99. The molecule has 112 valence electrons. The number of hydrogen-bond acceptors (Lipinski definition) is 3. The fourth-order valence-corrected chi connectivity index (χ4v) is 1.98. The summed E-state index contributed by atoms with van der Waals surface area (Å²) in [7, 11) is 0. The summed E-state index contributed by atoms with van der Waals surface area (Å²) in [5.41, 5.74) is 7.74. The van der Waals surface area contributed by atoms with Gasteiger partial charge in [0.1, 0.15) is 5.82 Å². The van der Waals surface area contributed by atoms with Gasteiger partial charge in [-0.05, 0) is 31.0 Å². The molecule has 0 aliphatic carbocycles. The van der Waals surface area contributed by atoms with E-state index in [0.717, 1.165) is 5.56 Å². The van der Waals surface area contributed by atoms with Crippen LogP contribution < -0.4 is 15.8 Å². The van der Waals surface area contributed by atoms with Crippen LogP contribution in [0.5, 0.6) is 5.75 Å². The van der Waals surface area contributed by atoms with Crippen molar-refractivity contribution in [2.75, 3.05) is 24.2 Å². The van der Waals surface area contributed by atoms with Crippen LogP contribution in [0.1, 0.15) is 12.5 Å². The van der Waals surface area contributed by atoms with Gasteiger partial charge in [-0.15, -0.1) is 0 Å². The highest BCUT2D eigenvalue weighted by molar-refractivity contribution is 5.68. The van der Waals surface area contributed by atoms with Gasteiger partial charge in [0.05, 0.1) is 18.0 Å². The molecule has 0 spiro atoms. The van der Waals surface area contributed by atoms with Crippen LogP contribution in [-0.2, 0) is 6.42 Å². The number of benzene rings is 2. The maximum Gasteiger partial charge on any atom is 0.167 e. The highest BCUT2D eigenvalue weighted by Gasteiger charge is 2.08. The van der Waals surface area contributed by atoms with Gasteiger partial charge in [-0.3, -0.25) is 0 Å². The van der Waals surface area contributed by atoms with Crippen LogP contribution in [0.15, 0.2) is 36.4 Å². The Kier molecular flexibility index (Phi) is 4.98. The monoisotopic (exact) mass is 292 g/mol. The first-order valence-corrected chi connectivity index (χ1v) is 6.80. The normalized spacial score (nSPS) is 10.4. The first-order valence-electron chi connectivity index (χ1n) is 6.80. The molecule has 21 heavy (non-hydrogen) atoms. The van der Waals surface area contributed by atoms with Crippen molar-refractivity contribution < 1.29 is 13.5 Å². The lowest BCUT2D eigenvalue weighted by Crippen LogP contribution is -2.08. The predicted molar refractivity (Wildman–Crippen MR) is 80.6 cm³/mol. The Labute approximate surface area is 122 Å². The largest absolute Gasteiger partial charge is 0.491 e. The molecule has 0 saturated carbocycles. The van der Waals surface area contributed by atoms with E-state index in [2.05, 4.69) is 5.32 Å². The maximum atomic E-state index is 13.6. The molecule has 3 nitrogen and oxygen atoms in total. The average Bonchev–Trinajstić information content (AvgIpc) is 2.46. The molecule has 5 heteroatoms. The number of rotatable bonds is 6. The van der Waals surface area contributed by atoms with Gasteiger partial charge in [-0.25, -0.2) is 8.78 Å². The fourth-order valence-electron chi connectivity index (χ4n) is 1.98. The topological polar surface area (TPSA) is 47.3 Å². The summed E-state index contributed by atoms with van der Waals surface area (Å²) in [5.74, 6) is -0.551. The first kappa shape index (κ1) is 15.1. The van der Waals surface area contributed by atoms with Crippen LogP contribution in [-0.4, -0.2) is 13.2 Å². The molecule has 2 aromatic carbocycles. The summed E-state index contributed by atoms with van der Waals surface area (Å²) < 4.78 is 31.6. The number of hydrogen-bond donors (Lipinski definition) is 2. The van der Waals surface area contributed by atoms with Gasteiger partial charge in [-0.1, -0.05) is 12.1 Å². The Morgan fingerprint density at radius 1 is 1.14 bits per heavy atom. The van der Waals surface area contributed by atoms with Gasteiger partial charge >= 0.3 is 0 Å². The second kappa shape index (κ2) is 6.92. The molecule has 3 N–H and O–H groups in total. The lowest BCUT2D eigenvalue weighted by Gasteiger charge is -2.12. The fraction of sp³-hybridized carbons (Fsp3) is 0.250. The first-order chi connectivity index (χ1) is 10.1. The van der Waals surface area contributed by atoms with Crippen molar-refractivity contribution >= 4 is 11.4 Å². The highest BCUT2D eigenvalue weighted by Crippen LogP contribution is 2.28. The summed E-state index contributed by atoms with van der Waals surface area (Å²) in [5, 5.41) is 3.14. The number of ether oxygens (including phenoxy) is 1. The molecule has 0 fully saturated rings. The minimum atomic E-state index is -0.474. The number of nitrogen functional groups attached to an aromatic ring is 1. The minimum absolute atomic E-state index is 0.177. The quantitative estimate of drug-likeness (QED) is 0.800. The third-order valence-corrected chi connectivity index (χ3v) is 3.05. The summed E-state index contributed by atoms with van der Waals surface area (Å²) in [6, 6.07) is 9.11. The van der Waals surface area contributed by atoms with Gasteiger partial charge in [-0.2, -0.15) is 0 Å². The zero-order valence-electron chi connectivity index (χ0n) is 11.8. The van der Waals surface area contributed by atoms with Crippen LogP contribution in [0.25, 0.3) is 0 Å². The van der Waals surface area contributed by atoms with Gasteiger partial charge in [0.15, 0.2) is 11.6 Å². The van der Waals surface area contributed by atoms with Crippen molar-refractivity contribution in [3.8, 4) is 5.75 Å². The van der Waals surface area contributed by atoms with Crippen molar-refractivity contribution in [1.82, 2.24) is 0 Å². The third kappa shape index (κ3) is 4.08. The Hall–Kier alpha value is -2.30. The van der Waals surface area contributed by atoms with E-state index in [1.807, 2.05) is 0 Å². The van der Waals surface area contributed by atoms with E-state index in [1.165, 1.54) is 18.2 Å². The number of nitrogens with one attached hydrogen (secondary N) is 1. The average molecular weight is 292 g/mol. The molecule has 2 aromatic rings. The van der Waals surface area contributed by atoms with Crippen molar-refractivity contribution in [1.29, 1.82) is 0 Å². The zero-order chi connectivity index (χ0) is 15.2. The van der Waals surface area contributed by atoms with Crippen molar-refractivity contribution in [3.63, 3.8) is 0 Å². The van der Waals surface area contributed by atoms with Crippen molar-refractivity contribution in [2.24, 2.45) is 0 Å². The molecule has 0 amide bonds. The summed E-state index contributed by atoms with van der Waals surface area (Å²) in [4.78, 5) is 0. The summed E-state index contributed by atoms with van der Waals surface area (Å²) in [6.07, 6.45) is 0.709. The Morgan fingerprint density at radius 2 is 1.86 bits per heavy atom. The molecule has 0 atom stereocenters. The standard InChI is InChI=1S/C16H18F2N2O/c1-2-21-16-10-15(14(19)9-13(16)18)20-8-7-11-3-5-12(17)6-4-11/h3-6,9-10,20H,2,7-8,19H2,1H3. The minimum Gasteiger partial charge on any atom is -0.491 e. The zero-order valence-corrected chi connectivity index (χ0v) is 11.8. The Bertz CT molecular complexity index is 600. The van der Waals surface area contributed by atoms with E-state index in [9.17, 15) is 8.78 Å². The molecule has 0 bridgehead atoms. The van der Waals surface area contributed by atoms with E-state index in [-0.39, 0.29) is 11.6 Å². The maximum absolute atomic E-state index is 13.6. The molecular weight excluding hydrogens is 274 g/mol. The third-order valence-electron chi connectivity index (χ3n) is 3.05. The molecule has 0 aliphatic heterocycles. The van der Waals surface area contributed by atoms with E-state index in [0.29, 0.717) is 30.9 Å². The molecule has 0 radical (unpaired) electrons. The molecule has 0 unspecified atom stereocenters. The number of nitrogens with two attached hydrogens (primary N) is 1. The number of halogens is 2. The smallest absolute Gasteiger partial charge is 0.167 e. The van der Waals surface area contributed by atoms with Gasteiger partial charge in [0, 0.05) is 18.7 Å². The summed E-state index contributed by atoms with van der Waals surface area (Å²) >= 11 is 0. The van der Waals surface area contributed by atoms with Gasteiger partial charge < -0.3 is 15.8 Å². The van der Waals surface area contributed by atoms with E-state index >= 15 is 0 Å². The molecular formula is C16H18F2N2O. The van der Waals surface area contributed by atoms with Crippen LogP contribution in [0.3, 0.4) is 0 Å². The Morgan fingerprint density at radius 3 is 2.52 bits per heavy atom. The van der Waals surface area contributed by atoms with Crippen molar-refractivity contribution in [2.45, 2.75) is 13.3 Å². The SMILES string of the molecule is CCOc1cc(NCCc2ccc(F)cc2)c(N)cc1F. The van der Waals surface area contributed by atoms with Crippen LogP contribution >= 0.6 is 0 Å². The van der Waals surface area contributed by atoms with Gasteiger partial charge in [0.25, 0.3) is 0 Å². The molecule has 0 heterocycles. The number of anilines is 2. The molecule has 0 aliphatic rings. The van der Waals surface area contributed by atoms with E-state index in [1.54, 1.807) is 25.1 Å². The lowest BCUT2D eigenvalue weighted by molar-refractivity contribution is 0.322. The molecule has 0 aromatic heterocycles. The second-order valence-electron chi connectivity index (χ2n) is 4.61. The molecule has 0 saturated heterocycles. The highest BCUT2D eigenvalue weighted by atomic mass is 19.1. The van der Waals surface area contributed by atoms with Crippen LogP contribution in [0.2, 0.25) is 0 Å². The van der Waals surface area contributed by atoms with Crippen molar-refractivity contribution in [3.05, 3.63) is 53.6 Å². The summed E-state index contributed by atoms with van der Waals surface area (Å²) in [6.45, 7) is 2.78. The second-order valence-corrected chi connectivity index (χ2v) is 4.61. The van der Waals surface area contributed by atoms with Crippen LogP contribution in [0, 0.1) is 11.6 Å². The molecule has 2 rings (SSSR count). The van der Waals surface area contributed by atoms with E-state index in [4.69, 9.17) is 10.5 Å².